The van der Waals surface area contributed by atoms with Gasteiger partial charge in [0.15, 0.2) is 0 Å². The molecule has 2 heterocycles. The van der Waals surface area contributed by atoms with E-state index in [0.717, 1.165) is 26.2 Å². The van der Waals surface area contributed by atoms with Gasteiger partial charge in [0.2, 0.25) is 5.91 Å². The summed E-state index contributed by atoms with van der Waals surface area (Å²) in [6.07, 6.45) is 2.99. The number of halogens is 2. The SMILES string of the molecule is CC(CC(=O)N1CCN(Cc2c(F)cccc2Cl)CC1)C1CCNCC1. The second kappa shape index (κ2) is 9.16. The molecule has 2 aliphatic rings. The van der Waals surface area contributed by atoms with Crippen LogP contribution in [0, 0.1) is 17.7 Å². The van der Waals surface area contributed by atoms with Crippen molar-refractivity contribution < 1.29 is 9.18 Å². The Labute approximate surface area is 160 Å². The van der Waals surface area contributed by atoms with E-state index in [1.807, 2.05) is 4.90 Å². The quantitative estimate of drug-likeness (QED) is 0.851. The van der Waals surface area contributed by atoms with Crippen molar-refractivity contribution in [2.75, 3.05) is 39.3 Å². The number of rotatable bonds is 5. The van der Waals surface area contributed by atoms with Crippen molar-refractivity contribution in [1.29, 1.82) is 0 Å². The maximum atomic E-state index is 14.0. The van der Waals surface area contributed by atoms with Gasteiger partial charge in [0, 0.05) is 49.7 Å². The number of amides is 1. The molecule has 2 saturated heterocycles. The van der Waals surface area contributed by atoms with Crippen LogP contribution >= 0.6 is 11.6 Å². The molecule has 1 amide bonds. The highest BCUT2D eigenvalue weighted by atomic mass is 35.5. The third-order valence-electron chi connectivity index (χ3n) is 5.85. The maximum Gasteiger partial charge on any atom is 0.222 e. The van der Waals surface area contributed by atoms with E-state index < -0.39 is 0 Å². The molecule has 0 spiro atoms. The fourth-order valence-corrected chi connectivity index (χ4v) is 4.27. The van der Waals surface area contributed by atoms with Gasteiger partial charge in [-0.1, -0.05) is 24.6 Å². The summed E-state index contributed by atoms with van der Waals surface area (Å²) in [4.78, 5) is 16.8. The second-order valence-electron chi connectivity index (χ2n) is 7.63. The monoisotopic (exact) mass is 381 g/mol. The van der Waals surface area contributed by atoms with Crippen LogP contribution in [0.4, 0.5) is 4.39 Å². The van der Waals surface area contributed by atoms with Gasteiger partial charge >= 0.3 is 0 Å². The number of benzene rings is 1. The van der Waals surface area contributed by atoms with Crippen LogP contribution in [-0.2, 0) is 11.3 Å². The van der Waals surface area contributed by atoms with E-state index in [4.69, 9.17) is 11.6 Å². The lowest BCUT2D eigenvalue weighted by atomic mass is 9.84. The Morgan fingerprint density at radius 3 is 2.62 bits per heavy atom. The summed E-state index contributed by atoms with van der Waals surface area (Å²) in [6, 6.07) is 4.80. The van der Waals surface area contributed by atoms with Gasteiger partial charge < -0.3 is 10.2 Å². The topological polar surface area (TPSA) is 35.6 Å². The number of hydrogen-bond acceptors (Lipinski definition) is 3. The van der Waals surface area contributed by atoms with Gasteiger partial charge in [0.05, 0.1) is 0 Å². The maximum absolute atomic E-state index is 14.0. The molecule has 0 aromatic heterocycles. The normalized spacial score (nSPS) is 21.0. The number of piperazine rings is 1. The molecule has 144 valence electrons. The van der Waals surface area contributed by atoms with Crippen LogP contribution in [0.15, 0.2) is 18.2 Å². The molecule has 1 atom stereocenters. The van der Waals surface area contributed by atoms with E-state index in [2.05, 4.69) is 17.1 Å². The van der Waals surface area contributed by atoms with Crippen LogP contribution in [0.3, 0.4) is 0 Å². The summed E-state index contributed by atoms with van der Waals surface area (Å²) in [7, 11) is 0. The zero-order valence-corrected chi connectivity index (χ0v) is 16.3. The van der Waals surface area contributed by atoms with Crippen LogP contribution in [0.5, 0.6) is 0 Å². The fraction of sp³-hybridized carbons (Fsp3) is 0.650. The van der Waals surface area contributed by atoms with Gasteiger partial charge in [0.1, 0.15) is 5.82 Å². The van der Waals surface area contributed by atoms with Crippen molar-refractivity contribution in [1.82, 2.24) is 15.1 Å². The number of nitrogens with one attached hydrogen (secondary N) is 1. The van der Waals surface area contributed by atoms with E-state index in [0.29, 0.717) is 48.5 Å². The summed E-state index contributed by atoms with van der Waals surface area (Å²) in [5, 5.41) is 3.85. The Balaban J connectivity index is 1.46. The average molecular weight is 382 g/mol. The molecule has 26 heavy (non-hydrogen) atoms. The summed E-state index contributed by atoms with van der Waals surface area (Å²) < 4.78 is 14.0. The van der Waals surface area contributed by atoms with Crippen LogP contribution in [0.2, 0.25) is 5.02 Å². The van der Waals surface area contributed by atoms with E-state index in [-0.39, 0.29) is 11.7 Å². The van der Waals surface area contributed by atoms with Gasteiger partial charge in [-0.3, -0.25) is 9.69 Å². The Morgan fingerprint density at radius 1 is 1.27 bits per heavy atom. The lowest BCUT2D eigenvalue weighted by Gasteiger charge is -2.36. The molecule has 0 aliphatic carbocycles. The van der Waals surface area contributed by atoms with Crippen LogP contribution < -0.4 is 5.32 Å². The molecule has 0 radical (unpaired) electrons. The molecule has 2 fully saturated rings. The highest BCUT2D eigenvalue weighted by molar-refractivity contribution is 6.31. The highest BCUT2D eigenvalue weighted by Gasteiger charge is 2.26. The molecular formula is C20H29ClFN3O. The predicted octanol–water partition coefficient (Wildman–Crippen LogP) is 3.15. The molecular weight excluding hydrogens is 353 g/mol. The van der Waals surface area contributed by atoms with E-state index in [1.54, 1.807) is 12.1 Å². The first-order chi connectivity index (χ1) is 12.5. The molecule has 0 saturated carbocycles. The molecule has 3 rings (SSSR count). The second-order valence-corrected chi connectivity index (χ2v) is 8.03. The van der Waals surface area contributed by atoms with Crippen molar-refractivity contribution >= 4 is 17.5 Å². The molecule has 2 aliphatic heterocycles. The molecule has 1 aromatic carbocycles. The van der Waals surface area contributed by atoms with E-state index >= 15 is 0 Å². The Kier molecular flexibility index (Phi) is 6.90. The Morgan fingerprint density at radius 2 is 1.96 bits per heavy atom. The first-order valence-electron chi connectivity index (χ1n) is 9.68. The van der Waals surface area contributed by atoms with Crippen molar-refractivity contribution in [3.8, 4) is 0 Å². The Hall–Kier alpha value is -1.17. The number of carbonyl (C=O) groups excluding carboxylic acids is 1. The van der Waals surface area contributed by atoms with Crippen molar-refractivity contribution in [2.45, 2.75) is 32.7 Å². The third kappa shape index (κ3) is 4.96. The smallest absolute Gasteiger partial charge is 0.222 e. The van der Waals surface area contributed by atoms with Gasteiger partial charge in [-0.25, -0.2) is 4.39 Å². The van der Waals surface area contributed by atoms with Crippen LogP contribution in [0.1, 0.15) is 31.7 Å². The lowest BCUT2D eigenvalue weighted by molar-refractivity contribution is -0.134. The summed E-state index contributed by atoms with van der Waals surface area (Å²) in [5.74, 6) is 1.11. The average Bonchev–Trinajstić information content (AvgIpc) is 2.66. The van der Waals surface area contributed by atoms with Crippen molar-refractivity contribution in [2.24, 2.45) is 11.8 Å². The molecule has 1 N–H and O–H groups in total. The van der Waals surface area contributed by atoms with Gasteiger partial charge in [-0.2, -0.15) is 0 Å². The van der Waals surface area contributed by atoms with Gasteiger partial charge in [-0.05, 0) is 49.9 Å². The van der Waals surface area contributed by atoms with E-state index in [1.165, 1.54) is 18.9 Å². The van der Waals surface area contributed by atoms with Crippen LogP contribution in [0.25, 0.3) is 0 Å². The van der Waals surface area contributed by atoms with Crippen molar-refractivity contribution in [3.63, 3.8) is 0 Å². The number of nitrogens with zero attached hydrogens (tertiary/aromatic N) is 2. The molecule has 4 nitrogen and oxygen atoms in total. The number of piperidine rings is 1. The largest absolute Gasteiger partial charge is 0.340 e. The first kappa shape index (κ1) is 19.6. The van der Waals surface area contributed by atoms with E-state index in [9.17, 15) is 9.18 Å². The number of hydrogen-bond donors (Lipinski definition) is 1. The minimum Gasteiger partial charge on any atom is -0.340 e. The fourth-order valence-electron chi connectivity index (χ4n) is 4.05. The zero-order valence-electron chi connectivity index (χ0n) is 15.5. The predicted molar refractivity (Wildman–Crippen MR) is 103 cm³/mol. The number of carbonyl (C=O) groups is 1. The summed E-state index contributed by atoms with van der Waals surface area (Å²) >= 11 is 6.12. The minimum atomic E-state index is -0.258. The lowest BCUT2D eigenvalue weighted by Crippen LogP contribution is -2.48. The summed E-state index contributed by atoms with van der Waals surface area (Å²) in [5.41, 5.74) is 0.550. The minimum absolute atomic E-state index is 0.258. The van der Waals surface area contributed by atoms with Crippen molar-refractivity contribution in [3.05, 3.63) is 34.6 Å². The van der Waals surface area contributed by atoms with Gasteiger partial charge in [-0.15, -0.1) is 0 Å². The standard InChI is InChI=1S/C20H29ClFN3O/c1-15(16-5-7-23-8-6-16)13-20(26)25-11-9-24(10-12-25)14-17-18(21)3-2-4-19(17)22/h2-4,15-16,23H,5-14H2,1H3. The van der Waals surface area contributed by atoms with Gasteiger partial charge in [0.25, 0.3) is 0 Å². The Bertz CT molecular complexity index is 593. The first-order valence-corrected chi connectivity index (χ1v) is 10.1. The highest BCUT2D eigenvalue weighted by Crippen LogP contribution is 2.25. The molecule has 1 aromatic rings. The third-order valence-corrected chi connectivity index (χ3v) is 6.21. The summed E-state index contributed by atoms with van der Waals surface area (Å²) in [6.45, 7) is 7.80. The molecule has 1 unspecified atom stereocenters. The van der Waals surface area contributed by atoms with Crippen LogP contribution in [-0.4, -0.2) is 55.0 Å². The molecule has 6 heteroatoms. The molecule has 0 bridgehead atoms. The zero-order chi connectivity index (χ0) is 18.5.